The van der Waals surface area contributed by atoms with Crippen LogP contribution in [-0.4, -0.2) is 16.2 Å². The van der Waals surface area contributed by atoms with E-state index >= 15 is 0 Å². The van der Waals surface area contributed by atoms with Gasteiger partial charge in [0.05, 0.1) is 0 Å². The summed E-state index contributed by atoms with van der Waals surface area (Å²) in [6, 6.07) is 0.773. The maximum atomic E-state index is 5.81. The number of hydrogen-bond donors (Lipinski definition) is 1. The first kappa shape index (κ1) is 12.3. The van der Waals surface area contributed by atoms with E-state index in [2.05, 4.69) is 36.3 Å². The average Bonchev–Trinajstić information content (AvgIpc) is 2.50. The Morgan fingerprint density at radius 2 is 1.93 bits per heavy atom. The topological polar surface area (TPSA) is 51.0 Å². The summed E-state index contributed by atoms with van der Waals surface area (Å²) in [7, 11) is 0. The number of nitrogens with one attached hydrogen (secondary N) is 1. The molecule has 0 saturated carbocycles. The van der Waals surface area contributed by atoms with Crippen LogP contribution in [0.15, 0.2) is 4.42 Å². The second-order valence-corrected chi connectivity index (χ2v) is 4.89. The molecule has 1 N–H and O–H groups in total. The summed E-state index contributed by atoms with van der Waals surface area (Å²) in [5.74, 6) is 1.10. The minimum atomic E-state index is -0.242. The van der Waals surface area contributed by atoms with Crippen LogP contribution in [0, 0.1) is 5.92 Å². The Bertz CT molecular complexity index is 299. The first-order chi connectivity index (χ1) is 6.99. The van der Waals surface area contributed by atoms with Gasteiger partial charge in [0, 0.05) is 6.04 Å². The Kier molecular flexibility index (Phi) is 4.39. The van der Waals surface area contributed by atoms with Gasteiger partial charge in [0.2, 0.25) is 5.89 Å². The van der Waals surface area contributed by atoms with E-state index in [0.29, 0.717) is 23.9 Å². The van der Waals surface area contributed by atoms with Gasteiger partial charge in [0.15, 0.2) is 0 Å². The fourth-order valence-electron chi connectivity index (χ4n) is 1.43. The van der Waals surface area contributed by atoms with Crippen molar-refractivity contribution in [1.82, 2.24) is 10.2 Å². The molecule has 0 spiro atoms. The fourth-order valence-corrected chi connectivity index (χ4v) is 1.52. The van der Waals surface area contributed by atoms with Crippen molar-refractivity contribution in [2.45, 2.75) is 45.5 Å². The summed E-state index contributed by atoms with van der Waals surface area (Å²) in [6.07, 6.45) is 1.06. The van der Waals surface area contributed by atoms with Gasteiger partial charge >= 0.3 is 6.01 Å². The van der Waals surface area contributed by atoms with Crippen LogP contribution in [0.3, 0.4) is 0 Å². The fraction of sp³-hybridized carbons (Fsp3) is 0.800. The number of rotatable bonds is 5. The van der Waals surface area contributed by atoms with Gasteiger partial charge in [-0.05, 0) is 26.2 Å². The lowest BCUT2D eigenvalue weighted by atomic mass is 10.1. The minimum absolute atomic E-state index is 0.242. The molecule has 0 aliphatic rings. The van der Waals surface area contributed by atoms with E-state index < -0.39 is 0 Å². The first-order valence-electron chi connectivity index (χ1n) is 5.23. The van der Waals surface area contributed by atoms with E-state index in [1.165, 1.54) is 0 Å². The summed E-state index contributed by atoms with van der Waals surface area (Å²) in [5.41, 5.74) is 0. The summed E-state index contributed by atoms with van der Waals surface area (Å²) < 4.78 is 5.33. The molecule has 15 heavy (non-hydrogen) atoms. The number of anilines is 1. The van der Waals surface area contributed by atoms with Crippen LogP contribution in [0.25, 0.3) is 0 Å². The van der Waals surface area contributed by atoms with Gasteiger partial charge in [0.1, 0.15) is 5.38 Å². The third-order valence-corrected chi connectivity index (χ3v) is 2.16. The Labute approximate surface area is 95.4 Å². The zero-order valence-corrected chi connectivity index (χ0v) is 10.4. The lowest BCUT2D eigenvalue weighted by Gasteiger charge is -2.13. The van der Waals surface area contributed by atoms with E-state index in [1.54, 1.807) is 6.92 Å². The molecule has 2 atom stereocenters. The van der Waals surface area contributed by atoms with Crippen molar-refractivity contribution >= 4 is 17.6 Å². The van der Waals surface area contributed by atoms with Crippen molar-refractivity contribution in [1.29, 1.82) is 0 Å². The molecule has 86 valence electrons. The van der Waals surface area contributed by atoms with Gasteiger partial charge in [-0.3, -0.25) is 0 Å². The van der Waals surface area contributed by atoms with Crippen LogP contribution < -0.4 is 5.32 Å². The monoisotopic (exact) mass is 231 g/mol. The third-order valence-electron chi connectivity index (χ3n) is 1.98. The number of nitrogens with zero attached hydrogens (tertiary/aromatic N) is 2. The van der Waals surface area contributed by atoms with E-state index in [9.17, 15) is 0 Å². The quantitative estimate of drug-likeness (QED) is 0.791. The predicted molar refractivity (Wildman–Crippen MR) is 61.1 cm³/mol. The Morgan fingerprint density at radius 3 is 2.40 bits per heavy atom. The summed E-state index contributed by atoms with van der Waals surface area (Å²) in [5, 5.41) is 10.6. The first-order valence-corrected chi connectivity index (χ1v) is 5.66. The van der Waals surface area contributed by atoms with Crippen molar-refractivity contribution in [2.24, 2.45) is 5.92 Å². The largest absolute Gasteiger partial charge is 0.406 e. The highest BCUT2D eigenvalue weighted by atomic mass is 35.5. The molecule has 0 aliphatic heterocycles. The van der Waals surface area contributed by atoms with Gasteiger partial charge in [-0.2, -0.15) is 0 Å². The zero-order chi connectivity index (χ0) is 11.4. The van der Waals surface area contributed by atoms with Crippen molar-refractivity contribution in [2.75, 3.05) is 5.32 Å². The molecule has 0 saturated heterocycles. The van der Waals surface area contributed by atoms with Gasteiger partial charge in [-0.1, -0.05) is 18.9 Å². The van der Waals surface area contributed by atoms with Crippen LogP contribution in [0.2, 0.25) is 0 Å². The standard InChI is InChI=1S/C10H18ClN3O/c1-6(2)5-7(3)12-10-14-13-9(15-10)8(4)11/h6-8H,5H2,1-4H3,(H,12,14). The highest BCUT2D eigenvalue weighted by Crippen LogP contribution is 2.20. The molecule has 0 bridgehead atoms. The second-order valence-electron chi connectivity index (χ2n) is 4.24. The van der Waals surface area contributed by atoms with Crippen LogP contribution in [0.4, 0.5) is 6.01 Å². The molecular weight excluding hydrogens is 214 g/mol. The molecule has 1 aromatic rings. The van der Waals surface area contributed by atoms with E-state index in [0.717, 1.165) is 6.42 Å². The molecular formula is C10H18ClN3O. The number of hydrogen-bond acceptors (Lipinski definition) is 4. The van der Waals surface area contributed by atoms with Gasteiger partial charge in [-0.25, -0.2) is 0 Å². The molecule has 2 unspecified atom stereocenters. The molecule has 0 aliphatic carbocycles. The van der Waals surface area contributed by atoms with E-state index in [-0.39, 0.29) is 5.38 Å². The number of halogens is 1. The molecule has 0 fully saturated rings. The van der Waals surface area contributed by atoms with Gasteiger partial charge in [-0.15, -0.1) is 16.7 Å². The van der Waals surface area contributed by atoms with E-state index in [1.807, 2.05) is 0 Å². The Morgan fingerprint density at radius 1 is 1.27 bits per heavy atom. The Balaban J connectivity index is 2.49. The molecule has 5 heteroatoms. The highest BCUT2D eigenvalue weighted by molar-refractivity contribution is 6.20. The van der Waals surface area contributed by atoms with E-state index in [4.69, 9.17) is 16.0 Å². The highest BCUT2D eigenvalue weighted by Gasteiger charge is 2.13. The summed E-state index contributed by atoms with van der Waals surface area (Å²) >= 11 is 5.81. The SMILES string of the molecule is CC(C)CC(C)Nc1nnc(C(C)Cl)o1. The predicted octanol–water partition coefficient (Wildman–Crippen LogP) is 3.22. The average molecular weight is 232 g/mol. The second kappa shape index (κ2) is 5.35. The van der Waals surface area contributed by atoms with Crippen LogP contribution in [-0.2, 0) is 0 Å². The van der Waals surface area contributed by atoms with Crippen molar-refractivity contribution in [3.63, 3.8) is 0 Å². The third kappa shape index (κ3) is 4.08. The molecule has 1 heterocycles. The van der Waals surface area contributed by atoms with Crippen molar-refractivity contribution in [3.05, 3.63) is 5.89 Å². The minimum Gasteiger partial charge on any atom is -0.406 e. The summed E-state index contributed by atoms with van der Waals surface area (Å²) in [4.78, 5) is 0. The normalized spacial score (nSPS) is 15.3. The maximum Gasteiger partial charge on any atom is 0.315 e. The zero-order valence-electron chi connectivity index (χ0n) is 9.62. The molecule has 0 aromatic carbocycles. The lowest BCUT2D eigenvalue weighted by Crippen LogP contribution is -2.17. The number of alkyl halides is 1. The Hall–Kier alpha value is -0.770. The molecule has 1 aromatic heterocycles. The number of aromatic nitrogens is 2. The molecule has 0 amide bonds. The molecule has 4 nitrogen and oxygen atoms in total. The lowest BCUT2D eigenvalue weighted by molar-refractivity contribution is 0.484. The molecule has 1 rings (SSSR count). The van der Waals surface area contributed by atoms with Crippen molar-refractivity contribution in [3.8, 4) is 0 Å². The van der Waals surface area contributed by atoms with Crippen molar-refractivity contribution < 1.29 is 4.42 Å². The van der Waals surface area contributed by atoms with Gasteiger partial charge < -0.3 is 9.73 Å². The smallest absolute Gasteiger partial charge is 0.315 e. The summed E-state index contributed by atoms with van der Waals surface area (Å²) in [6.45, 7) is 8.25. The van der Waals surface area contributed by atoms with Crippen LogP contribution in [0.1, 0.15) is 45.4 Å². The maximum absolute atomic E-state index is 5.81. The van der Waals surface area contributed by atoms with Crippen LogP contribution in [0.5, 0.6) is 0 Å². The van der Waals surface area contributed by atoms with Gasteiger partial charge in [0.25, 0.3) is 0 Å². The van der Waals surface area contributed by atoms with Crippen LogP contribution >= 0.6 is 11.6 Å². The molecule has 0 radical (unpaired) electrons.